The minimum Gasteiger partial charge on any atom is -0.0932 e. The molecule has 0 nitrogen and oxygen atoms in total. The lowest BCUT2D eigenvalue weighted by Crippen LogP contribution is -1.86. The summed E-state index contributed by atoms with van der Waals surface area (Å²) in [6.07, 6.45) is 0. The predicted molar refractivity (Wildman–Crippen MR) is 31.6 cm³/mol. The maximum absolute atomic E-state index is 1.95. The molecule has 0 amide bonds. The van der Waals surface area contributed by atoms with E-state index in [-0.39, 0.29) is 7.43 Å². The SMILES string of the molecule is C.C1CSS1. The van der Waals surface area contributed by atoms with Gasteiger partial charge in [-0.25, -0.2) is 0 Å². The number of hydrogen-bond donors (Lipinski definition) is 0. The van der Waals surface area contributed by atoms with Crippen molar-refractivity contribution < 1.29 is 0 Å². The molecule has 0 aliphatic carbocycles. The summed E-state index contributed by atoms with van der Waals surface area (Å²) in [5.74, 6) is 2.76. The van der Waals surface area contributed by atoms with Crippen LogP contribution in [0.2, 0.25) is 0 Å². The first-order valence-electron chi connectivity index (χ1n) is 1.24. The molecule has 1 aliphatic heterocycles. The van der Waals surface area contributed by atoms with Gasteiger partial charge in [0.25, 0.3) is 0 Å². The second-order valence-electron chi connectivity index (χ2n) is 0.644. The first-order chi connectivity index (χ1) is 2.00. The zero-order chi connectivity index (χ0) is 2.83. The molecular formula is C3H8S2. The van der Waals surface area contributed by atoms with Gasteiger partial charge in [-0.15, -0.1) is 0 Å². The van der Waals surface area contributed by atoms with Crippen molar-refractivity contribution in [3.63, 3.8) is 0 Å². The van der Waals surface area contributed by atoms with Gasteiger partial charge in [0.15, 0.2) is 0 Å². The second-order valence-corrected chi connectivity index (χ2v) is 3.35. The molecule has 1 fully saturated rings. The topological polar surface area (TPSA) is 0 Å². The summed E-state index contributed by atoms with van der Waals surface area (Å²) in [5, 5.41) is 0. The first-order valence-corrected chi connectivity index (χ1v) is 3.73. The molecule has 0 N–H and O–H groups in total. The van der Waals surface area contributed by atoms with Crippen LogP contribution in [0.3, 0.4) is 0 Å². The van der Waals surface area contributed by atoms with E-state index < -0.39 is 0 Å². The summed E-state index contributed by atoms with van der Waals surface area (Å²) in [7, 11) is 3.91. The molecule has 0 radical (unpaired) electrons. The monoisotopic (exact) mass is 108 g/mol. The summed E-state index contributed by atoms with van der Waals surface area (Å²) < 4.78 is 0. The summed E-state index contributed by atoms with van der Waals surface area (Å²) in [4.78, 5) is 0. The van der Waals surface area contributed by atoms with Crippen LogP contribution in [0.4, 0.5) is 0 Å². The fourth-order valence-electron chi connectivity index (χ4n) is 0.0833. The van der Waals surface area contributed by atoms with Crippen LogP contribution < -0.4 is 0 Å². The Balaban J connectivity index is 0.000000160. The average Bonchev–Trinajstić information content (AvgIpc) is 0.722. The van der Waals surface area contributed by atoms with Gasteiger partial charge in [0.2, 0.25) is 0 Å². The van der Waals surface area contributed by atoms with E-state index in [1.54, 1.807) is 0 Å². The molecule has 0 bridgehead atoms. The average molecular weight is 108 g/mol. The number of hydrogen-bond acceptors (Lipinski definition) is 2. The maximum atomic E-state index is 1.95. The third-order valence-electron chi connectivity index (χ3n) is 0.333. The van der Waals surface area contributed by atoms with Crippen molar-refractivity contribution in [1.82, 2.24) is 0 Å². The lowest BCUT2D eigenvalue weighted by molar-refractivity contribution is 1.55. The van der Waals surface area contributed by atoms with E-state index in [1.165, 1.54) is 11.5 Å². The summed E-state index contributed by atoms with van der Waals surface area (Å²) in [6.45, 7) is 0. The Labute approximate surface area is 41.1 Å². The van der Waals surface area contributed by atoms with Gasteiger partial charge < -0.3 is 0 Å². The highest BCUT2D eigenvalue weighted by molar-refractivity contribution is 8.79. The Hall–Kier alpha value is 0.700. The molecular weight excluding hydrogens is 100 g/mol. The van der Waals surface area contributed by atoms with Crippen LogP contribution in [0.15, 0.2) is 0 Å². The molecule has 2 heteroatoms. The Kier molecular flexibility index (Phi) is 3.32. The van der Waals surface area contributed by atoms with Crippen LogP contribution in [0.5, 0.6) is 0 Å². The second kappa shape index (κ2) is 2.91. The van der Waals surface area contributed by atoms with Gasteiger partial charge in [-0.3, -0.25) is 0 Å². The lowest BCUT2D eigenvalue weighted by Gasteiger charge is -2.04. The van der Waals surface area contributed by atoms with Crippen molar-refractivity contribution >= 4 is 21.6 Å². The van der Waals surface area contributed by atoms with E-state index in [4.69, 9.17) is 0 Å². The zero-order valence-corrected chi connectivity index (χ0v) is 3.86. The molecule has 0 aromatic carbocycles. The molecule has 0 aromatic heterocycles. The third-order valence-corrected chi connectivity index (χ3v) is 3.00. The predicted octanol–water partition coefficient (Wildman–Crippen LogP) is 2.02. The summed E-state index contributed by atoms with van der Waals surface area (Å²) in [5.41, 5.74) is 0. The number of rotatable bonds is 0. The fourth-order valence-corrected chi connectivity index (χ4v) is 0.750. The molecule has 1 aliphatic rings. The van der Waals surface area contributed by atoms with Crippen LogP contribution >= 0.6 is 21.6 Å². The molecule has 5 heavy (non-hydrogen) atoms. The Bertz CT molecular complexity index is 12.9. The van der Waals surface area contributed by atoms with E-state index >= 15 is 0 Å². The molecule has 1 rings (SSSR count). The molecule has 32 valence electrons. The van der Waals surface area contributed by atoms with Gasteiger partial charge in [0.1, 0.15) is 0 Å². The van der Waals surface area contributed by atoms with Crippen LogP contribution in [-0.2, 0) is 0 Å². The molecule has 0 unspecified atom stereocenters. The highest BCUT2D eigenvalue weighted by atomic mass is 33.1. The van der Waals surface area contributed by atoms with Crippen molar-refractivity contribution in [2.75, 3.05) is 11.5 Å². The summed E-state index contributed by atoms with van der Waals surface area (Å²) >= 11 is 0. The van der Waals surface area contributed by atoms with E-state index in [9.17, 15) is 0 Å². The van der Waals surface area contributed by atoms with Crippen LogP contribution in [0.25, 0.3) is 0 Å². The van der Waals surface area contributed by atoms with Crippen molar-refractivity contribution in [3.05, 3.63) is 0 Å². The zero-order valence-electron chi connectivity index (χ0n) is 2.23. The minimum absolute atomic E-state index is 0. The lowest BCUT2D eigenvalue weighted by atomic mass is 11.0. The van der Waals surface area contributed by atoms with Crippen LogP contribution in [0.1, 0.15) is 7.43 Å². The van der Waals surface area contributed by atoms with Gasteiger partial charge in [0, 0.05) is 11.5 Å². The standard InChI is InChI=1S/C2H4S2.CH4/c1-2-4-3-1;/h1-2H2;1H4. The maximum Gasteiger partial charge on any atom is 0.0136 e. The Morgan fingerprint density at radius 2 is 1.20 bits per heavy atom. The Morgan fingerprint density at radius 3 is 1.20 bits per heavy atom. The molecule has 0 spiro atoms. The van der Waals surface area contributed by atoms with Crippen LogP contribution in [-0.4, -0.2) is 11.5 Å². The van der Waals surface area contributed by atoms with Crippen molar-refractivity contribution in [3.8, 4) is 0 Å². The normalized spacial score (nSPS) is 19.2. The third kappa shape index (κ3) is 1.55. The van der Waals surface area contributed by atoms with E-state index in [0.29, 0.717) is 0 Å². The molecule has 1 saturated heterocycles. The van der Waals surface area contributed by atoms with E-state index in [2.05, 4.69) is 0 Å². The molecule has 0 atom stereocenters. The molecule has 1 heterocycles. The fraction of sp³-hybridized carbons (Fsp3) is 1.00. The molecule has 0 saturated carbocycles. The highest BCUT2D eigenvalue weighted by Crippen LogP contribution is 2.31. The summed E-state index contributed by atoms with van der Waals surface area (Å²) in [6, 6.07) is 0. The Morgan fingerprint density at radius 1 is 1.00 bits per heavy atom. The quantitative estimate of drug-likeness (QED) is 0.435. The molecule has 0 aromatic rings. The van der Waals surface area contributed by atoms with E-state index in [1.807, 2.05) is 21.6 Å². The van der Waals surface area contributed by atoms with Gasteiger partial charge in [-0.1, -0.05) is 29.0 Å². The largest absolute Gasteiger partial charge is 0.0932 e. The smallest absolute Gasteiger partial charge is 0.0136 e. The van der Waals surface area contributed by atoms with Crippen molar-refractivity contribution in [1.29, 1.82) is 0 Å². The van der Waals surface area contributed by atoms with Crippen molar-refractivity contribution in [2.24, 2.45) is 0 Å². The van der Waals surface area contributed by atoms with Crippen molar-refractivity contribution in [2.45, 2.75) is 7.43 Å². The van der Waals surface area contributed by atoms with Gasteiger partial charge in [-0.2, -0.15) is 0 Å². The van der Waals surface area contributed by atoms with E-state index in [0.717, 1.165) is 0 Å². The van der Waals surface area contributed by atoms with Gasteiger partial charge in [-0.05, 0) is 0 Å². The first kappa shape index (κ1) is 5.70. The van der Waals surface area contributed by atoms with Gasteiger partial charge in [0.05, 0.1) is 0 Å². The van der Waals surface area contributed by atoms with Crippen LogP contribution in [0, 0.1) is 0 Å². The van der Waals surface area contributed by atoms with Gasteiger partial charge >= 0.3 is 0 Å². The highest BCUT2D eigenvalue weighted by Gasteiger charge is 1.96. The minimum atomic E-state index is 0.